The Balaban J connectivity index is 2.25. The first kappa shape index (κ1) is 13.8. The molecule has 0 amide bonds. The summed E-state index contributed by atoms with van der Waals surface area (Å²) in [5.41, 5.74) is 7.55. The van der Waals surface area contributed by atoms with Gasteiger partial charge in [-0.05, 0) is 12.1 Å². The number of aromatic nitrogens is 2. The summed E-state index contributed by atoms with van der Waals surface area (Å²) in [5, 5.41) is 3.10. The molecule has 0 aliphatic carbocycles. The Morgan fingerprint density at radius 1 is 1.42 bits per heavy atom. The van der Waals surface area contributed by atoms with Gasteiger partial charge in [-0.1, -0.05) is 28.1 Å². The third-order valence-corrected chi connectivity index (χ3v) is 3.01. The van der Waals surface area contributed by atoms with Crippen molar-refractivity contribution in [3.63, 3.8) is 0 Å². The van der Waals surface area contributed by atoms with Crippen molar-refractivity contribution in [3.8, 4) is 11.3 Å². The van der Waals surface area contributed by atoms with Crippen LogP contribution in [0.25, 0.3) is 11.3 Å². The van der Waals surface area contributed by atoms with E-state index < -0.39 is 0 Å². The van der Waals surface area contributed by atoms with E-state index in [-0.39, 0.29) is 0 Å². The van der Waals surface area contributed by atoms with E-state index in [2.05, 4.69) is 31.2 Å². The topological polar surface area (TPSA) is 73.1 Å². The highest BCUT2D eigenvalue weighted by Crippen LogP contribution is 2.23. The first-order valence-corrected chi connectivity index (χ1v) is 6.61. The van der Waals surface area contributed by atoms with Crippen molar-refractivity contribution in [2.24, 2.45) is 0 Å². The van der Waals surface area contributed by atoms with Crippen molar-refractivity contribution in [3.05, 3.63) is 34.9 Å². The molecule has 100 valence electrons. The summed E-state index contributed by atoms with van der Waals surface area (Å²) >= 11 is 3.44. The van der Waals surface area contributed by atoms with E-state index >= 15 is 0 Å². The largest absolute Gasteiger partial charge is 0.383 e. The van der Waals surface area contributed by atoms with E-state index in [1.54, 1.807) is 13.3 Å². The first-order valence-electron chi connectivity index (χ1n) is 5.82. The van der Waals surface area contributed by atoms with Crippen LogP contribution in [-0.2, 0) is 4.74 Å². The number of nitrogens with one attached hydrogen (secondary N) is 1. The number of nitrogens with two attached hydrogens (primary N) is 1. The summed E-state index contributed by atoms with van der Waals surface area (Å²) in [6.45, 7) is 1.22. The number of benzene rings is 1. The molecule has 0 saturated heterocycles. The van der Waals surface area contributed by atoms with E-state index in [0.29, 0.717) is 24.8 Å². The van der Waals surface area contributed by atoms with Gasteiger partial charge in [0.2, 0.25) is 0 Å². The number of rotatable bonds is 5. The Labute approximate surface area is 120 Å². The van der Waals surface area contributed by atoms with Crippen molar-refractivity contribution >= 4 is 27.6 Å². The second kappa shape index (κ2) is 6.49. The second-order valence-electron chi connectivity index (χ2n) is 3.92. The van der Waals surface area contributed by atoms with Crippen molar-refractivity contribution in [2.45, 2.75) is 0 Å². The van der Waals surface area contributed by atoms with Gasteiger partial charge >= 0.3 is 0 Å². The molecular weight excluding hydrogens is 308 g/mol. The molecule has 0 aliphatic rings. The van der Waals surface area contributed by atoms with Crippen molar-refractivity contribution in [1.29, 1.82) is 0 Å². The molecule has 0 radical (unpaired) electrons. The lowest BCUT2D eigenvalue weighted by atomic mass is 10.2. The highest BCUT2D eigenvalue weighted by atomic mass is 79.9. The zero-order chi connectivity index (χ0) is 13.7. The van der Waals surface area contributed by atoms with Crippen molar-refractivity contribution in [1.82, 2.24) is 9.97 Å². The maximum absolute atomic E-state index is 5.79. The Bertz CT molecular complexity index is 562. The van der Waals surface area contributed by atoms with Gasteiger partial charge in [0, 0.05) is 23.7 Å². The minimum Gasteiger partial charge on any atom is -0.383 e. The van der Waals surface area contributed by atoms with Crippen LogP contribution in [0.4, 0.5) is 11.6 Å². The van der Waals surface area contributed by atoms with Gasteiger partial charge in [-0.25, -0.2) is 9.97 Å². The van der Waals surface area contributed by atoms with Crippen LogP contribution in [-0.4, -0.2) is 30.2 Å². The first-order chi connectivity index (χ1) is 9.20. The SMILES string of the molecule is COCCNc1nc(-c2cccc(Br)c2)cnc1N. The Morgan fingerprint density at radius 2 is 2.26 bits per heavy atom. The quantitative estimate of drug-likeness (QED) is 0.827. The van der Waals surface area contributed by atoms with E-state index in [4.69, 9.17) is 10.5 Å². The molecule has 0 unspecified atom stereocenters. The normalized spacial score (nSPS) is 10.4. The molecule has 0 spiro atoms. The van der Waals surface area contributed by atoms with E-state index in [0.717, 1.165) is 15.7 Å². The van der Waals surface area contributed by atoms with E-state index in [1.807, 2.05) is 24.3 Å². The minimum absolute atomic E-state index is 0.384. The van der Waals surface area contributed by atoms with Gasteiger partial charge in [0.1, 0.15) is 0 Å². The standard InChI is InChI=1S/C13H15BrN4O/c1-19-6-5-16-13-12(15)17-8-11(18-13)9-3-2-4-10(14)7-9/h2-4,7-8H,5-6H2,1H3,(H2,15,17)(H,16,18). The summed E-state index contributed by atoms with van der Waals surface area (Å²) in [5.74, 6) is 0.962. The molecule has 0 bridgehead atoms. The predicted octanol–water partition coefficient (Wildman–Crippen LogP) is 2.55. The zero-order valence-corrected chi connectivity index (χ0v) is 12.1. The number of nitrogens with zero attached hydrogens (tertiary/aromatic N) is 2. The molecule has 0 saturated carbocycles. The van der Waals surface area contributed by atoms with Crippen LogP contribution < -0.4 is 11.1 Å². The highest BCUT2D eigenvalue weighted by Gasteiger charge is 2.06. The Morgan fingerprint density at radius 3 is 3.00 bits per heavy atom. The Kier molecular flexibility index (Phi) is 4.70. The maximum atomic E-state index is 5.79. The van der Waals surface area contributed by atoms with Crippen molar-refractivity contribution in [2.75, 3.05) is 31.3 Å². The molecule has 1 heterocycles. The molecule has 19 heavy (non-hydrogen) atoms. The minimum atomic E-state index is 0.384. The number of anilines is 2. The maximum Gasteiger partial charge on any atom is 0.169 e. The molecule has 3 N–H and O–H groups in total. The molecule has 2 aromatic rings. The van der Waals surface area contributed by atoms with Gasteiger partial charge in [0.15, 0.2) is 11.6 Å². The third kappa shape index (κ3) is 3.65. The fourth-order valence-corrected chi connectivity index (χ4v) is 1.99. The number of hydrogen-bond donors (Lipinski definition) is 2. The summed E-state index contributed by atoms with van der Waals surface area (Å²) in [6.07, 6.45) is 1.67. The fourth-order valence-electron chi connectivity index (χ4n) is 1.59. The smallest absolute Gasteiger partial charge is 0.169 e. The van der Waals surface area contributed by atoms with Gasteiger partial charge in [-0.2, -0.15) is 0 Å². The molecular formula is C13H15BrN4O. The lowest BCUT2D eigenvalue weighted by Gasteiger charge is -2.09. The van der Waals surface area contributed by atoms with E-state index in [9.17, 15) is 0 Å². The molecule has 1 aromatic carbocycles. The number of ether oxygens (including phenoxy) is 1. The molecule has 5 nitrogen and oxygen atoms in total. The van der Waals surface area contributed by atoms with Gasteiger partial charge in [0.05, 0.1) is 18.5 Å². The average molecular weight is 323 g/mol. The number of methoxy groups -OCH3 is 1. The van der Waals surface area contributed by atoms with Gasteiger partial charge in [0.25, 0.3) is 0 Å². The molecule has 2 rings (SSSR count). The molecule has 1 aromatic heterocycles. The fraction of sp³-hybridized carbons (Fsp3) is 0.231. The lowest BCUT2D eigenvalue weighted by molar-refractivity contribution is 0.210. The monoisotopic (exact) mass is 322 g/mol. The average Bonchev–Trinajstić information content (AvgIpc) is 2.41. The Hall–Kier alpha value is -1.66. The highest BCUT2D eigenvalue weighted by molar-refractivity contribution is 9.10. The molecule has 6 heteroatoms. The van der Waals surface area contributed by atoms with Gasteiger partial charge in [-0.15, -0.1) is 0 Å². The summed E-state index contributed by atoms with van der Waals surface area (Å²) in [7, 11) is 1.65. The zero-order valence-electron chi connectivity index (χ0n) is 10.6. The number of nitrogen functional groups attached to an aromatic ring is 1. The van der Waals surface area contributed by atoms with Crippen molar-refractivity contribution < 1.29 is 4.74 Å². The molecule has 0 fully saturated rings. The van der Waals surface area contributed by atoms with Gasteiger partial charge < -0.3 is 15.8 Å². The van der Waals surface area contributed by atoms with E-state index in [1.165, 1.54) is 0 Å². The number of hydrogen-bond acceptors (Lipinski definition) is 5. The van der Waals surface area contributed by atoms with Crippen LogP contribution in [0.2, 0.25) is 0 Å². The lowest BCUT2D eigenvalue weighted by Crippen LogP contribution is -2.11. The molecule has 0 atom stereocenters. The second-order valence-corrected chi connectivity index (χ2v) is 4.83. The van der Waals surface area contributed by atoms with Crippen LogP contribution >= 0.6 is 15.9 Å². The number of halogens is 1. The predicted molar refractivity (Wildman–Crippen MR) is 79.9 cm³/mol. The summed E-state index contributed by atoms with van der Waals surface area (Å²) < 4.78 is 5.97. The van der Waals surface area contributed by atoms with Crippen LogP contribution in [0.5, 0.6) is 0 Å². The third-order valence-electron chi connectivity index (χ3n) is 2.52. The van der Waals surface area contributed by atoms with Crippen LogP contribution in [0.1, 0.15) is 0 Å². The van der Waals surface area contributed by atoms with Gasteiger partial charge in [-0.3, -0.25) is 0 Å². The summed E-state index contributed by atoms with van der Waals surface area (Å²) in [6, 6.07) is 7.88. The van der Waals surface area contributed by atoms with Crippen LogP contribution in [0.15, 0.2) is 34.9 Å². The molecule has 0 aliphatic heterocycles. The summed E-state index contributed by atoms with van der Waals surface area (Å²) in [4.78, 5) is 8.64. The van der Waals surface area contributed by atoms with Crippen LogP contribution in [0.3, 0.4) is 0 Å². The van der Waals surface area contributed by atoms with Crippen LogP contribution in [0, 0.1) is 0 Å².